The molecule has 0 radical (unpaired) electrons. The van der Waals surface area contributed by atoms with Gasteiger partial charge in [-0.15, -0.1) is 11.3 Å². The van der Waals surface area contributed by atoms with Gasteiger partial charge in [-0.25, -0.2) is 4.68 Å². The number of aromatic nitrogens is 2. The quantitative estimate of drug-likeness (QED) is 0.625. The Morgan fingerprint density at radius 2 is 2.00 bits per heavy atom. The first-order chi connectivity index (χ1) is 13.5. The van der Waals surface area contributed by atoms with E-state index >= 15 is 0 Å². The van der Waals surface area contributed by atoms with Crippen molar-refractivity contribution in [3.63, 3.8) is 0 Å². The van der Waals surface area contributed by atoms with Gasteiger partial charge in [0, 0.05) is 18.2 Å². The van der Waals surface area contributed by atoms with Gasteiger partial charge in [-0.3, -0.25) is 20.4 Å². The zero-order valence-electron chi connectivity index (χ0n) is 16.0. The average Bonchev–Trinajstić information content (AvgIpc) is 3.33. The third-order valence-corrected chi connectivity index (χ3v) is 5.27. The molecule has 0 aliphatic rings. The van der Waals surface area contributed by atoms with Crippen LogP contribution in [0.1, 0.15) is 33.0 Å². The molecule has 0 fully saturated rings. The number of benzene rings is 1. The Labute approximate surface area is 167 Å². The molecule has 0 unspecified atom stereocenters. The topological polar surface area (TPSA) is 85.2 Å². The van der Waals surface area contributed by atoms with Gasteiger partial charge in [0.1, 0.15) is 5.75 Å². The van der Waals surface area contributed by atoms with Gasteiger partial charge in [0.25, 0.3) is 5.91 Å². The maximum Gasteiger partial charge on any atom is 0.279 e. The van der Waals surface area contributed by atoms with E-state index in [2.05, 4.69) is 16.0 Å². The highest BCUT2D eigenvalue weighted by Crippen LogP contribution is 2.22. The number of hydrogen-bond acceptors (Lipinski definition) is 5. The zero-order valence-corrected chi connectivity index (χ0v) is 16.8. The van der Waals surface area contributed by atoms with Crippen LogP contribution in [0, 0.1) is 13.8 Å². The predicted molar refractivity (Wildman–Crippen MR) is 108 cm³/mol. The number of carbonyl (C=O) groups excluding carboxylic acids is 2. The highest BCUT2D eigenvalue weighted by molar-refractivity contribution is 7.12. The first kappa shape index (κ1) is 19.6. The van der Waals surface area contributed by atoms with Crippen molar-refractivity contribution in [3.05, 3.63) is 63.6 Å². The monoisotopic (exact) mass is 398 g/mol. The number of hydrazine groups is 1. The van der Waals surface area contributed by atoms with Crippen LogP contribution in [0.15, 0.2) is 41.8 Å². The summed E-state index contributed by atoms with van der Waals surface area (Å²) in [6.45, 7) is 3.90. The summed E-state index contributed by atoms with van der Waals surface area (Å²) in [5.74, 6) is 0.187. The van der Waals surface area contributed by atoms with Crippen molar-refractivity contribution < 1.29 is 14.3 Å². The summed E-state index contributed by atoms with van der Waals surface area (Å²) in [5.41, 5.74) is 8.65. The van der Waals surface area contributed by atoms with Crippen LogP contribution in [0.5, 0.6) is 5.75 Å². The number of ether oxygens (including phenoxy) is 1. The molecule has 3 rings (SSSR count). The van der Waals surface area contributed by atoms with Gasteiger partial charge in [0.05, 0.1) is 23.4 Å². The van der Waals surface area contributed by atoms with Crippen molar-refractivity contribution in [2.24, 2.45) is 0 Å². The molecule has 0 aliphatic heterocycles. The number of rotatable bonds is 6. The number of nitrogens with one attached hydrogen (secondary N) is 2. The third-order valence-electron chi connectivity index (χ3n) is 4.40. The summed E-state index contributed by atoms with van der Waals surface area (Å²) in [7, 11) is 1.63. The minimum absolute atomic E-state index is 0.246. The molecule has 0 spiro atoms. The number of thiophene rings is 1. The zero-order chi connectivity index (χ0) is 20.1. The Morgan fingerprint density at radius 1 is 1.18 bits per heavy atom. The van der Waals surface area contributed by atoms with Crippen molar-refractivity contribution in [3.8, 4) is 11.4 Å². The summed E-state index contributed by atoms with van der Waals surface area (Å²) in [5, 5.41) is 6.41. The summed E-state index contributed by atoms with van der Waals surface area (Å²) in [4.78, 5) is 24.5. The van der Waals surface area contributed by atoms with Crippen LogP contribution in [0.2, 0.25) is 0 Å². The van der Waals surface area contributed by atoms with Gasteiger partial charge >= 0.3 is 0 Å². The molecule has 0 bridgehead atoms. The van der Waals surface area contributed by atoms with E-state index in [0.29, 0.717) is 11.3 Å². The second-order valence-electron chi connectivity index (χ2n) is 6.24. The Bertz CT molecular complexity index is 980. The second kappa shape index (κ2) is 8.71. The summed E-state index contributed by atoms with van der Waals surface area (Å²) in [6, 6.07) is 11.1. The van der Waals surface area contributed by atoms with Gasteiger partial charge in [-0.05, 0) is 49.4 Å². The molecule has 28 heavy (non-hydrogen) atoms. The molecule has 2 N–H and O–H groups in total. The SMILES string of the molecule is COc1cccc(-n2nc(C)c(CCC(=O)NNC(=O)c3cccs3)c2C)c1. The van der Waals surface area contributed by atoms with Gasteiger partial charge in [0.15, 0.2) is 0 Å². The summed E-state index contributed by atoms with van der Waals surface area (Å²) >= 11 is 1.32. The molecule has 2 amide bonds. The molecule has 2 heterocycles. The number of nitrogens with zero attached hydrogens (tertiary/aromatic N) is 2. The Kier molecular flexibility index (Phi) is 6.10. The van der Waals surface area contributed by atoms with Crippen LogP contribution >= 0.6 is 11.3 Å². The van der Waals surface area contributed by atoms with E-state index < -0.39 is 0 Å². The molecule has 2 aromatic heterocycles. The molecule has 146 valence electrons. The molecule has 1 aromatic carbocycles. The molecule has 0 aliphatic carbocycles. The highest BCUT2D eigenvalue weighted by Gasteiger charge is 2.15. The molecule has 3 aromatic rings. The minimum Gasteiger partial charge on any atom is -0.497 e. The van der Waals surface area contributed by atoms with Crippen LogP contribution in [-0.4, -0.2) is 28.7 Å². The lowest BCUT2D eigenvalue weighted by Crippen LogP contribution is -2.41. The van der Waals surface area contributed by atoms with Crippen molar-refractivity contribution >= 4 is 23.2 Å². The Hall–Kier alpha value is -3.13. The number of carbonyl (C=O) groups is 2. The Balaban J connectivity index is 1.62. The summed E-state index contributed by atoms with van der Waals surface area (Å²) < 4.78 is 7.13. The predicted octanol–water partition coefficient (Wildman–Crippen LogP) is 2.95. The van der Waals surface area contributed by atoms with Crippen molar-refractivity contribution in [1.29, 1.82) is 0 Å². The van der Waals surface area contributed by atoms with Gasteiger partial charge in [0.2, 0.25) is 5.91 Å². The lowest BCUT2D eigenvalue weighted by atomic mass is 10.1. The minimum atomic E-state index is -0.318. The standard InChI is InChI=1S/C20H22N4O3S/c1-13-17(9-10-19(25)21-22-20(26)18-8-5-11-28-18)14(2)24(23-13)15-6-4-7-16(12-15)27-3/h4-8,11-12H,9-10H2,1-3H3,(H,21,25)(H,22,26). The maximum absolute atomic E-state index is 12.1. The molecular weight excluding hydrogens is 376 g/mol. The first-order valence-electron chi connectivity index (χ1n) is 8.82. The average molecular weight is 398 g/mol. The van der Waals surface area contributed by atoms with E-state index in [9.17, 15) is 9.59 Å². The van der Waals surface area contributed by atoms with Gasteiger partial charge in [-0.2, -0.15) is 5.10 Å². The van der Waals surface area contributed by atoms with E-state index in [1.54, 1.807) is 19.2 Å². The van der Waals surface area contributed by atoms with E-state index in [1.807, 2.05) is 48.2 Å². The number of hydrogen-bond donors (Lipinski definition) is 2. The molecule has 7 nitrogen and oxygen atoms in total. The van der Waals surface area contributed by atoms with Crippen molar-refractivity contribution in [2.75, 3.05) is 7.11 Å². The Morgan fingerprint density at radius 3 is 2.71 bits per heavy atom. The molecule has 0 atom stereocenters. The van der Waals surface area contributed by atoms with Crippen molar-refractivity contribution in [2.45, 2.75) is 26.7 Å². The van der Waals surface area contributed by atoms with E-state index in [-0.39, 0.29) is 18.2 Å². The molecule has 0 saturated carbocycles. The van der Waals surface area contributed by atoms with Gasteiger partial charge in [-0.1, -0.05) is 12.1 Å². The smallest absolute Gasteiger partial charge is 0.279 e. The second-order valence-corrected chi connectivity index (χ2v) is 7.19. The highest BCUT2D eigenvalue weighted by atomic mass is 32.1. The van der Waals surface area contributed by atoms with Crippen LogP contribution < -0.4 is 15.6 Å². The maximum atomic E-state index is 12.1. The first-order valence-corrected chi connectivity index (χ1v) is 9.69. The lowest BCUT2D eigenvalue weighted by molar-refractivity contribution is -0.121. The fourth-order valence-corrected chi connectivity index (χ4v) is 3.55. The van der Waals surface area contributed by atoms with Crippen LogP contribution in [0.3, 0.4) is 0 Å². The van der Waals surface area contributed by atoms with Crippen molar-refractivity contribution in [1.82, 2.24) is 20.6 Å². The number of amides is 2. The van der Waals surface area contributed by atoms with E-state index in [4.69, 9.17) is 4.74 Å². The number of methoxy groups -OCH3 is 1. The van der Waals surface area contributed by atoms with Crippen LogP contribution in [-0.2, 0) is 11.2 Å². The normalized spacial score (nSPS) is 10.5. The van der Waals surface area contributed by atoms with Crippen LogP contribution in [0.25, 0.3) is 5.69 Å². The van der Waals surface area contributed by atoms with E-state index in [1.165, 1.54) is 11.3 Å². The lowest BCUT2D eigenvalue weighted by Gasteiger charge is -2.08. The third kappa shape index (κ3) is 4.40. The largest absolute Gasteiger partial charge is 0.497 e. The fourth-order valence-electron chi connectivity index (χ4n) is 2.93. The van der Waals surface area contributed by atoms with Gasteiger partial charge < -0.3 is 4.74 Å². The fraction of sp³-hybridized carbons (Fsp3) is 0.250. The van der Waals surface area contributed by atoms with E-state index in [0.717, 1.165) is 28.4 Å². The molecule has 0 saturated heterocycles. The molecule has 8 heteroatoms. The molecular formula is C20H22N4O3S. The summed E-state index contributed by atoms with van der Waals surface area (Å²) in [6.07, 6.45) is 0.776. The number of aryl methyl sites for hydroxylation is 1. The van der Waals surface area contributed by atoms with Crippen LogP contribution in [0.4, 0.5) is 0 Å².